The van der Waals surface area contributed by atoms with Gasteiger partial charge in [-0.05, 0) is 98.1 Å². The summed E-state index contributed by atoms with van der Waals surface area (Å²) in [5, 5.41) is 6.72. The van der Waals surface area contributed by atoms with Gasteiger partial charge in [-0.2, -0.15) is 0 Å². The zero-order valence-corrected chi connectivity index (χ0v) is 25.3. The number of urea groups is 1. The molecule has 7 nitrogen and oxygen atoms in total. The molecule has 8 heteroatoms. The Morgan fingerprint density at radius 2 is 1.68 bits per heavy atom. The van der Waals surface area contributed by atoms with E-state index in [1.807, 2.05) is 0 Å². The summed E-state index contributed by atoms with van der Waals surface area (Å²) in [7, 11) is 0. The number of likely N-dealkylation sites (tertiary alicyclic amines) is 1. The maximum Gasteiger partial charge on any atom is 0.317 e. The third kappa shape index (κ3) is 5.22. The monoisotopic (exact) mass is 612 g/mol. The van der Waals surface area contributed by atoms with E-state index in [-0.39, 0.29) is 23.3 Å². The number of nitrogens with one attached hydrogen (secondary N) is 2. The highest BCUT2D eigenvalue weighted by Crippen LogP contribution is 2.56. The Hall–Kier alpha value is -1.64. The number of fused-ring (bicyclic) bond motifs is 2. The Morgan fingerprint density at radius 3 is 2.38 bits per heavy atom. The Labute approximate surface area is 247 Å². The van der Waals surface area contributed by atoms with Crippen LogP contribution in [0.5, 0.6) is 0 Å². The van der Waals surface area contributed by atoms with Gasteiger partial charge in [0.1, 0.15) is 0 Å². The molecule has 1 spiro atoms. The van der Waals surface area contributed by atoms with Crippen molar-refractivity contribution < 1.29 is 14.3 Å². The summed E-state index contributed by atoms with van der Waals surface area (Å²) >= 11 is 3.87. The molecule has 1 unspecified atom stereocenters. The Morgan fingerprint density at radius 1 is 0.975 bits per heavy atom. The lowest BCUT2D eigenvalue weighted by Gasteiger charge is -2.54. The number of hydrogen-bond acceptors (Lipinski definition) is 4. The fourth-order valence-corrected chi connectivity index (χ4v) is 10.6. The van der Waals surface area contributed by atoms with Crippen LogP contribution in [0.2, 0.25) is 0 Å². The fraction of sp³-hybridized carbons (Fsp3) is 0.750. The van der Waals surface area contributed by atoms with Crippen LogP contribution in [0.25, 0.3) is 0 Å². The standard InChI is InChI=1S/C32H45BrN4O3/c33-27-3-1-2-26-25(19-28(38)34-6-9-36-10-12-40-13-11-36)20-32(29(26)27)4-7-37(8-5-32)31(39)35-30-23-15-21-14-22(17-23)18-24(30)16-21/h1-3,21-25,30H,4-20H2,(H,34,38)(H,35,39). The van der Waals surface area contributed by atoms with Gasteiger partial charge in [0.15, 0.2) is 0 Å². The highest BCUT2D eigenvalue weighted by Gasteiger charge is 2.50. The molecular formula is C32H45BrN4O3. The summed E-state index contributed by atoms with van der Waals surface area (Å²) in [5.74, 6) is 3.62. The average molecular weight is 614 g/mol. The van der Waals surface area contributed by atoms with Gasteiger partial charge in [-0.1, -0.05) is 28.1 Å². The van der Waals surface area contributed by atoms with E-state index in [0.29, 0.717) is 30.8 Å². The minimum atomic E-state index is 0.0353. The van der Waals surface area contributed by atoms with E-state index < -0.39 is 0 Å². The summed E-state index contributed by atoms with van der Waals surface area (Å²) < 4.78 is 6.59. The molecule has 4 bridgehead atoms. The van der Waals surface area contributed by atoms with Gasteiger partial charge in [0.05, 0.1) is 13.2 Å². The minimum absolute atomic E-state index is 0.0353. The quantitative estimate of drug-likeness (QED) is 0.491. The first-order valence-corrected chi connectivity index (χ1v) is 16.7. The lowest BCUT2D eigenvalue weighted by molar-refractivity contribution is -0.121. The molecule has 1 aromatic carbocycles. The van der Waals surface area contributed by atoms with E-state index in [2.05, 4.69) is 54.6 Å². The van der Waals surface area contributed by atoms with Gasteiger partial charge in [-0.15, -0.1) is 0 Å². The molecule has 2 saturated heterocycles. The van der Waals surface area contributed by atoms with Gasteiger partial charge in [-0.25, -0.2) is 4.79 Å². The molecule has 2 heterocycles. The third-order valence-corrected chi connectivity index (χ3v) is 12.1. The number of halogens is 1. The van der Waals surface area contributed by atoms with Gasteiger partial charge in [0.2, 0.25) is 5.91 Å². The first kappa shape index (κ1) is 27.2. The molecule has 8 rings (SSSR count). The number of morpholine rings is 1. The lowest BCUT2D eigenvalue weighted by atomic mass is 9.54. The van der Waals surface area contributed by atoms with E-state index in [4.69, 9.17) is 4.74 Å². The number of carbonyl (C=O) groups is 2. The highest BCUT2D eigenvalue weighted by atomic mass is 79.9. The summed E-state index contributed by atoms with van der Waals surface area (Å²) in [6.45, 7) is 6.61. The predicted octanol–water partition coefficient (Wildman–Crippen LogP) is 4.64. The molecule has 2 N–H and O–H groups in total. The smallest absolute Gasteiger partial charge is 0.317 e. The molecule has 6 fully saturated rings. The van der Waals surface area contributed by atoms with Crippen LogP contribution >= 0.6 is 15.9 Å². The number of amides is 3. The molecule has 0 radical (unpaired) electrons. The van der Waals surface area contributed by atoms with Crippen LogP contribution < -0.4 is 10.6 Å². The van der Waals surface area contributed by atoms with Crippen LogP contribution in [0.15, 0.2) is 22.7 Å². The van der Waals surface area contributed by atoms with Crippen molar-refractivity contribution >= 4 is 27.9 Å². The topological polar surface area (TPSA) is 73.9 Å². The maximum absolute atomic E-state index is 13.5. The van der Waals surface area contributed by atoms with Crippen LogP contribution in [0.1, 0.15) is 74.8 Å². The molecule has 0 aromatic heterocycles. The van der Waals surface area contributed by atoms with E-state index in [9.17, 15) is 9.59 Å². The molecule has 1 aromatic rings. The number of nitrogens with zero attached hydrogens (tertiary/aromatic N) is 2. The number of carbonyl (C=O) groups excluding carboxylic acids is 2. The molecule has 40 heavy (non-hydrogen) atoms. The fourth-order valence-electron chi connectivity index (χ4n) is 9.77. The van der Waals surface area contributed by atoms with E-state index >= 15 is 0 Å². The summed E-state index contributed by atoms with van der Waals surface area (Å²) in [4.78, 5) is 30.9. The maximum atomic E-state index is 13.5. The first-order valence-electron chi connectivity index (χ1n) is 15.9. The van der Waals surface area contributed by atoms with E-state index in [0.717, 1.165) is 81.5 Å². The van der Waals surface area contributed by atoms with Gasteiger partial charge < -0.3 is 20.3 Å². The molecule has 7 aliphatic rings. The number of rotatable bonds is 6. The van der Waals surface area contributed by atoms with Crippen molar-refractivity contribution in [2.75, 3.05) is 52.5 Å². The Bertz CT molecular complexity index is 1090. The number of benzene rings is 1. The van der Waals surface area contributed by atoms with E-state index in [1.165, 1.54) is 43.2 Å². The number of ether oxygens (including phenoxy) is 1. The van der Waals surface area contributed by atoms with E-state index in [1.54, 1.807) is 0 Å². The highest BCUT2D eigenvalue weighted by molar-refractivity contribution is 9.10. The molecule has 3 amide bonds. The SMILES string of the molecule is O=C(CC1CC2(CCN(C(=O)NC3C4CC5CC(C4)CC3C5)CC2)c2c(Br)cccc21)NCCN1CCOCC1. The van der Waals surface area contributed by atoms with Crippen molar-refractivity contribution in [3.8, 4) is 0 Å². The van der Waals surface area contributed by atoms with Gasteiger partial charge in [0, 0.05) is 61.6 Å². The first-order chi connectivity index (χ1) is 19.5. The molecule has 1 atom stereocenters. The molecule has 218 valence electrons. The van der Waals surface area contributed by atoms with Crippen LogP contribution in [0.3, 0.4) is 0 Å². The number of piperidine rings is 1. The second kappa shape index (κ2) is 11.2. The summed E-state index contributed by atoms with van der Waals surface area (Å²) in [5.41, 5.74) is 2.75. The van der Waals surface area contributed by atoms with Crippen LogP contribution in [-0.4, -0.2) is 80.3 Å². The molecular weight excluding hydrogens is 568 g/mol. The van der Waals surface area contributed by atoms with Crippen molar-refractivity contribution in [1.82, 2.24) is 20.4 Å². The van der Waals surface area contributed by atoms with Gasteiger partial charge in [-0.3, -0.25) is 9.69 Å². The zero-order valence-electron chi connectivity index (χ0n) is 23.7. The second-order valence-electron chi connectivity index (χ2n) is 13.8. The largest absolute Gasteiger partial charge is 0.379 e. The van der Waals surface area contributed by atoms with Crippen LogP contribution in [-0.2, 0) is 14.9 Å². The predicted molar refractivity (Wildman–Crippen MR) is 158 cm³/mol. The second-order valence-corrected chi connectivity index (χ2v) is 14.6. The summed E-state index contributed by atoms with van der Waals surface area (Å²) in [6.07, 6.45) is 10.2. The van der Waals surface area contributed by atoms with Crippen molar-refractivity contribution in [3.63, 3.8) is 0 Å². The van der Waals surface area contributed by atoms with Crippen molar-refractivity contribution in [2.45, 2.75) is 75.2 Å². The molecule has 4 saturated carbocycles. The third-order valence-electron chi connectivity index (χ3n) is 11.5. The normalized spacial score (nSPS) is 34.2. The van der Waals surface area contributed by atoms with Crippen LogP contribution in [0.4, 0.5) is 4.79 Å². The number of hydrogen-bond donors (Lipinski definition) is 2. The Balaban J connectivity index is 0.960. The average Bonchev–Trinajstić information content (AvgIpc) is 3.24. The molecule has 2 aliphatic heterocycles. The van der Waals surface area contributed by atoms with Gasteiger partial charge in [0.25, 0.3) is 0 Å². The zero-order chi connectivity index (χ0) is 27.3. The van der Waals surface area contributed by atoms with Crippen LogP contribution in [0, 0.1) is 23.7 Å². The van der Waals surface area contributed by atoms with Gasteiger partial charge >= 0.3 is 6.03 Å². The molecule has 5 aliphatic carbocycles. The Kier molecular flexibility index (Phi) is 7.63. The lowest BCUT2D eigenvalue weighted by Crippen LogP contribution is -2.59. The van der Waals surface area contributed by atoms with Crippen molar-refractivity contribution in [1.29, 1.82) is 0 Å². The van der Waals surface area contributed by atoms with Crippen molar-refractivity contribution in [2.24, 2.45) is 23.7 Å². The van der Waals surface area contributed by atoms with Crippen molar-refractivity contribution in [3.05, 3.63) is 33.8 Å². The minimum Gasteiger partial charge on any atom is -0.379 e. The summed E-state index contributed by atoms with van der Waals surface area (Å²) in [6, 6.07) is 7.04.